The van der Waals surface area contributed by atoms with E-state index in [9.17, 15) is 4.79 Å². The van der Waals surface area contributed by atoms with E-state index in [4.69, 9.17) is 60.5 Å². The number of nitrogens with zero attached hydrogens (tertiary/aromatic N) is 3. The number of furan rings is 1. The lowest BCUT2D eigenvalue weighted by Crippen LogP contribution is -2.20. The topological polar surface area (TPSA) is 69.6 Å². The molecule has 0 amide bonds. The molecule has 4 aromatic carbocycles. The van der Waals surface area contributed by atoms with Crippen LogP contribution in [0.3, 0.4) is 0 Å². The molecule has 2 aromatic heterocycles. The van der Waals surface area contributed by atoms with E-state index in [1.165, 1.54) is 10.9 Å². The van der Waals surface area contributed by atoms with Crippen LogP contribution in [-0.4, -0.2) is 15.9 Å². The van der Waals surface area contributed by atoms with Crippen LogP contribution >= 0.6 is 46.4 Å². The quantitative estimate of drug-likeness (QED) is 0.177. The third kappa shape index (κ3) is 5.31. The third-order valence-corrected chi connectivity index (χ3v) is 7.19. The fourth-order valence-corrected chi connectivity index (χ4v) is 5.00. The highest BCUT2D eigenvalue weighted by Gasteiger charge is 2.17. The van der Waals surface area contributed by atoms with Gasteiger partial charge in [0, 0.05) is 36.6 Å². The molecule has 0 aliphatic carbocycles. The first-order valence-electron chi connectivity index (χ1n) is 12.0. The van der Waals surface area contributed by atoms with Crippen LogP contribution in [0.25, 0.3) is 33.5 Å². The molecule has 6 aromatic rings. The van der Waals surface area contributed by atoms with Gasteiger partial charge in [-0.05, 0) is 66.7 Å². The van der Waals surface area contributed by atoms with Gasteiger partial charge in [-0.2, -0.15) is 9.78 Å². The minimum atomic E-state index is -0.368. The van der Waals surface area contributed by atoms with E-state index in [1.807, 2.05) is 6.07 Å². The molecule has 10 heteroatoms. The van der Waals surface area contributed by atoms with Crippen molar-refractivity contribution in [3.63, 3.8) is 0 Å². The molecular weight excluding hydrogens is 592 g/mol. The lowest BCUT2D eigenvalue weighted by Gasteiger charge is -2.11. The molecule has 0 aliphatic rings. The van der Waals surface area contributed by atoms with Crippen molar-refractivity contribution in [2.24, 2.45) is 5.10 Å². The normalized spacial score (nSPS) is 11.6. The maximum absolute atomic E-state index is 13.6. The zero-order chi connectivity index (χ0) is 27.8. The Labute approximate surface area is 247 Å². The molecule has 0 spiro atoms. The average Bonchev–Trinajstić information content (AvgIpc) is 3.36. The van der Waals surface area contributed by atoms with Crippen LogP contribution in [0.4, 0.5) is 0 Å². The van der Waals surface area contributed by atoms with Gasteiger partial charge in [0.15, 0.2) is 5.76 Å². The number of hydrogen-bond acceptors (Lipinski definition) is 5. The summed E-state index contributed by atoms with van der Waals surface area (Å²) in [6.45, 7) is 0.183. The Hall–Kier alpha value is -3.81. The number of rotatable bonds is 6. The van der Waals surface area contributed by atoms with Crippen LogP contribution in [0.2, 0.25) is 20.1 Å². The number of benzene rings is 4. The van der Waals surface area contributed by atoms with Crippen molar-refractivity contribution in [2.45, 2.75) is 6.61 Å². The molecule has 0 unspecified atom stereocenters. The van der Waals surface area contributed by atoms with E-state index < -0.39 is 0 Å². The summed E-state index contributed by atoms with van der Waals surface area (Å²) < 4.78 is 13.3. The molecule has 2 heterocycles. The summed E-state index contributed by atoms with van der Waals surface area (Å²) in [6, 6.07) is 24.4. The van der Waals surface area contributed by atoms with Gasteiger partial charge in [0.1, 0.15) is 17.9 Å². The first-order valence-corrected chi connectivity index (χ1v) is 13.5. The van der Waals surface area contributed by atoms with Crippen molar-refractivity contribution in [3.05, 3.63) is 127 Å². The fraction of sp³-hybridized carbons (Fsp3) is 0.0333. The molecule has 6 nitrogen and oxygen atoms in total. The SMILES string of the molecule is O=c1c2ccccc2nc(-c2cc3cc(Cl)ccc3o2)n1N=Cc1cc(Cl)ccc1OCc1ccc(Cl)cc1Cl. The Morgan fingerprint density at radius 2 is 1.62 bits per heavy atom. The lowest BCUT2D eigenvalue weighted by atomic mass is 10.2. The van der Waals surface area contributed by atoms with Crippen molar-refractivity contribution in [1.29, 1.82) is 0 Å². The van der Waals surface area contributed by atoms with Crippen LogP contribution < -0.4 is 10.3 Å². The summed E-state index contributed by atoms with van der Waals surface area (Å²) in [7, 11) is 0. The van der Waals surface area contributed by atoms with E-state index in [0.29, 0.717) is 53.6 Å². The lowest BCUT2D eigenvalue weighted by molar-refractivity contribution is 0.306. The Bertz CT molecular complexity index is 2000. The molecule has 0 saturated carbocycles. The molecule has 40 heavy (non-hydrogen) atoms. The highest BCUT2D eigenvalue weighted by atomic mass is 35.5. The van der Waals surface area contributed by atoms with Crippen molar-refractivity contribution in [2.75, 3.05) is 0 Å². The first kappa shape index (κ1) is 26.4. The molecular formula is C30H17Cl4N3O3. The second-order valence-electron chi connectivity index (χ2n) is 8.81. The van der Waals surface area contributed by atoms with Crippen LogP contribution in [0.1, 0.15) is 11.1 Å². The molecule has 0 atom stereocenters. The third-order valence-electron chi connectivity index (χ3n) is 6.13. The van der Waals surface area contributed by atoms with E-state index in [1.54, 1.807) is 78.9 Å². The number of ether oxygens (including phenoxy) is 1. The molecule has 0 fully saturated rings. The van der Waals surface area contributed by atoms with E-state index in [0.717, 1.165) is 10.9 Å². The predicted molar refractivity (Wildman–Crippen MR) is 161 cm³/mol. The van der Waals surface area contributed by atoms with E-state index >= 15 is 0 Å². The zero-order valence-electron chi connectivity index (χ0n) is 20.4. The molecule has 0 aliphatic heterocycles. The largest absolute Gasteiger partial charge is 0.488 e. The number of para-hydroxylation sites is 1. The van der Waals surface area contributed by atoms with Crippen molar-refractivity contribution >= 4 is 74.5 Å². The minimum absolute atomic E-state index is 0.183. The molecule has 0 radical (unpaired) electrons. The zero-order valence-corrected chi connectivity index (χ0v) is 23.5. The van der Waals surface area contributed by atoms with Crippen LogP contribution in [0.5, 0.6) is 5.75 Å². The van der Waals surface area contributed by atoms with E-state index in [2.05, 4.69) is 5.10 Å². The summed E-state index contributed by atoms with van der Waals surface area (Å²) in [5, 5.41) is 7.76. The summed E-state index contributed by atoms with van der Waals surface area (Å²) in [6.07, 6.45) is 1.49. The van der Waals surface area contributed by atoms with Gasteiger partial charge in [-0.3, -0.25) is 4.79 Å². The summed E-state index contributed by atoms with van der Waals surface area (Å²) in [5.74, 6) is 1.07. The summed E-state index contributed by atoms with van der Waals surface area (Å²) in [4.78, 5) is 18.3. The average molecular weight is 609 g/mol. The van der Waals surface area contributed by atoms with Crippen molar-refractivity contribution in [1.82, 2.24) is 9.66 Å². The van der Waals surface area contributed by atoms with Gasteiger partial charge < -0.3 is 9.15 Å². The Kier molecular flexibility index (Phi) is 7.26. The smallest absolute Gasteiger partial charge is 0.282 e. The Morgan fingerprint density at radius 3 is 2.48 bits per heavy atom. The Balaban J connectivity index is 1.43. The van der Waals surface area contributed by atoms with Crippen LogP contribution in [0.15, 0.2) is 99.2 Å². The van der Waals surface area contributed by atoms with E-state index in [-0.39, 0.29) is 18.0 Å². The van der Waals surface area contributed by atoms with Gasteiger partial charge in [0.2, 0.25) is 5.82 Å². The second-order valence-corrected chi connectivity index (χ2v) is 10.5. The first-order chi connectivity index (χ1) is 19.4. The van der Waals surface area contributed by atoms with Gasteiger partial charge in [-0.25, -0.2) is 4.98 Å². The maximum atomic E-state index is 13.6. The van der Waals surface area contributed by atoms with Crippen molar-refractivity contribution in [3.8, 4) is 17.3 Å². The molecule has 198 valence electrons. The van der Waals surface area contributed by atoms with Crippen LogP contribution in [0, 0.1) is 0 Å². The number of hydrogen-bond donors (Lipinski definition) is 0. The molecule has 0 N–H and O–H groups in total. The number of fused-ring (bicyclic) bond motifs is 2. The minimum Gasteiger partial charge on any atom is -0.488 e. The molecule has 0 saturated heterocycles. The van der Waals surface area contributed by atoms with Crippen molar-refractivity contribution < 1.29 is 9.15 Å². The van der Waals surface area contributed by atoms with Gasteiger partial charge in [0.25, 0.3) is 5.56 Å². The maximum Gasteiger partial charge on any atom is 0.282 e. The second kappa shape index (κ2) is 11.0. The van der Waals surface area contributed by atoms with Gasteiger partial charge in [-0.15, -0.1) is 0 Å². The summed E-state index contributed by atoms with van der Waals surface area (Å²) >= 11 is 24.8. The highest BCUT2D eigenvalue weighted by Crippen LogP contribution is 2.30. The standard InChI is InChI=1S/C30H17Cl4N3O3/c31-20-8-10-27-18(11-20)13-28(40-27)29-36-25-4-2-1-3-23(25)30(38)37(29)35-15-19-12-21(32)7-9-26(19)39-16-17-5-6-22(33)14-24(17)34/h1-15H,16H2. The van der Waals surface area contributed by atoms with Gasteiger partial charge in [-0.1, -0.05) is 64.6 Å². The Morgan fingerprint density at radius 1 is 0.875 bits per heavy atom. The van der Waals surface area contributed by atoms with Gasteiger partial charge >= 0.3 is 0 Å². The highest BCUT2D eigenvalue weighted by molar-refractivity contribution is 6.35. The monoisotopic (exact) mass is 607 g/mol. The van der Waals surface area contributed by atoms with Gasteiger partial charge in [0.05, 0.1) is 17.1 Å². The molecule has 6 rings (SSSR count). The van der Waals surface area contributed by atoms with Crippen LogP contribution in [-0.2, 0) is 6.61 Å². The predicted octanol–water partition coefficient (Wildman–Crippen LogP) is 8.88. The fourth-order valence-electron chi connectivity index (χ4n) is 4.18. The molecule has 0 bridgehead atoms. The number of aromatic nitrogens is 2. The number of halogens is 4. The summed E-state index contributed by atoms with van der Waals surface area (Å²) in [5.41, 5.74) is 2.04.